The number of nitrogens with zero attached hydrogens (tertiary/aromatic N) is 3. The highest BCUT2D eigenvalue weighted by atomic mass is 16.6. The van der Waals surface area contributed by atoms with E-state index in [0.29, 0.717) is 49.3 Å². The predicted molar refractivity (Wildman–Crippen MR) is 111 cm³/mol. The van der Waals surface area contributed by atoms with Crippen molar-refractivity contribution in [2.75, 3.05) is 46.5 Å². The average Bonchev–Trinajstić information content (AvgIpc) is 2.79. The van der Waals surface area contributed by atoms with Crippen molar-refractivity contribution in [3.05, 3.63) is 40.8 Å². The lowest BCUT2D eigenvalue weighted by Crippen LogP contribution is -2.51. The Morgan fingerprint density at radius 2 is 1.71 bits per heavy atom. The molecule has 0 aliphatic carbocycles. The summed E-state index contributed by atoms with van der Waals surface area (Å²) < 4.78 is 16.3. The first-order chi connectivity index (χ1) is 14.9. The number of rotatable bonds is 6. The van der Waals surface area contributed by atoms with E-state index in [1.54, 1.807) is 41.0 Å². The third-order valence-electron chi connectivity index (χ3n) is 5.02. The van der Waals surface area contributed by atoms with Crippen LogP contribution in [-0.2, 0) is 25.6 Å². The Hall–Kier alpha value is -3.56. The molecule has 0 atom stereocenters. The lowest BCUT2D eigenvalue weighted by Gasteiger charge is -2.34. The normalized spacial score (nSPS) is 13.7. The summed E-state index contributed by atoms with van der Waals surface area (Å²) >= 11 is 0. The Morgan fingerprint density at radius 3 is 2.39 bits per heavy atom. The van der Waals surface area contributed by atoms with Crippen LogP contribution in [0.5, 0.6) is 5.75 Å². The number of hydrogen-bond acceptors (Lipinski definition) is 7. The highest BCUT2D eigenvalue weighted by molar-refractivity contribution is 5.88. The molecule has 1 aromatic carbocycles. The number of esters is 1. The second-order valence-corrected chi connectivity index (χ2v) is 6.90. The molecule has 1 fully saturated rings. The molecule has 1 aromatic heterocycles. The topological polar surface area (TPSA) is 107 Å². The molecule has 0 bridgehead atoms. The molecular formula is C21H25N3O7. The zero-order valence-electron chi connectivity index (χ0n) is 17.5. The van der Waals surface area contributed by atoms with Crippen molar-refractivity contribution < 1.29 is 28.6 Å². The van der Waals surface area contributed by atoms with Gasteiger partial charge in [0.1, 0.15) is 12.3 Å². The maximum absolute atomic E-state index is 12.9. The number of aromatic nitrogens is 1. The Morgan fingerprint density at radius 1 is 1.00 bits per heavy atom. The summed E-state index contributed by atoms with van der Waals surface area (Å²) in [5, 5.41) is 0.924. The number of benzene rings is 1. The van der Waals surface area contributed by atoms with Crippen LogP contribution in [0.2, 0.25) is 0 Å². The molecule has 0 radical (unpaired) electrons. The number of amides is 2. The summed E-state index contributed by atoms with van der Waals surface area (Å²) in [7, 11) is 1.27. The molecule has 2 aromatic rings. The van der Waals surface area contributed by atoms with E-state index in [0.717, 1.165) is 0 Å². The van der Waals surface area contributed by atoms with E-state index in [1.165, 1.54) is 17.9 Å². The first kappa shape index (κ1) is 22.1. The van der Waals surface area contributed by atoms with Crippen molar-refractivity contribution in [3.63, 3.8) is 0 Å². The molecular weight excluding hydrogens is 406 g/mol. The van der Waals surface area contributed by atoms with Crippen molar-refractivity contribution in [1.82, 2.24) is 14.4 Å². The average molecular weight is 431 g/mol. The van der Waals surface area contributed by atoms with Gasteiger partial charge in [0.05, 0.1) is 19.1 Å². The van der Waals surface area contributed by atoms with Gasteiger partial charge >= 0.3 is 12.1 Å². The van der Waals surface area contributed by atoms with Gasteiger partial charge in [-0.2, -0.15) is 0 Å². The molecule has 10 nitrogen and oxygen atoms in total. The molecule has 3 rings (SSSR count). The fraction of sp³-hybridized carbons (Fsp3) is 0.429. The van der Waals surface area contributed by atoms with Gasteiger partial charge in [-0.1, -0.05) is 6.07 Å². The second kappa shape index (κ2) is 9.96. The van der Waals surface area contributed by atoms with E-state index in [9.17, 15) is 19.2 Å². The first-order valence-corrected chi connectivity index (χ1v) is 9.95. The van der Waals surface area contributed by atoms with E-state index in [-0.39, 0.29) is 30.7 Å². The van der Waals surface area contributed by atoms with Crippen LogP contribution in [0, 0.1) is 0 Å². The molecule has 2 amide bonds. The van der Waals surface area contributed by atoms with E-state index in [4.69, 9.17) is 9.47 Å². The highest BCUT2D eigenvalue weighted by Gasteiger charge is 2.25. The van der Waals surface area contributed by atoms with Gasteiger partial charge in [0.15, 0.2) is 6.61 Å². The number of carbonyl (C=O) groups is 3. The van der Waals surface area contributed by atoms with Crippen molar-refractivity contribution >= 4 is 28.7 Å². The molecule has 0 N–H and O–H groups in total. The number of piperazine rings is 1. The maximum Gasteiger partial charge on any atom is 0.409 e. The van der Waals surface area contributed by atoms with Crippen LogP contribution >= 0.6 is 0 Å². The minimum atomic E-state index is -0.529. The molecule has 166 valence electrons. The third-order valence-corrected chi connectivity index (χ3v) is 5.02. The van der Waals surface area contributed by atoms with Crippen LogP contribution in [0.15, 0.2) is 35.3 Å². The third kappa shape index (κ3) is 5.14. The molecule has 0 unspecified atom stereocenters. The Kier molecular flexibility index (Phi) is 7.11. The summed E-state index contributed by atoms with van der Waals surface area (Å²) in [6.45, 7) is 3.20. The van der Waals surface area contributed by atoms with Crippen LogP contribution in [0.1, 0.15) is 6.92 Å². The molecule has 1 aliphatic rings. The quantitative estimate of drug-likeness (QED) is 0.624. The molecule has 0 saturated carbocycles. The van der Waals surface area contributed by atoms with E-state index >= 15 is 0 Å². The summed E-state index contributed by atoms with van der Waals surface area (Å²) in [4.78, 5) is 51.9. The van der Waals surface area contributed by atoms with Crippen LogP contribution in [0.4, 0.5) is 4.79 Å². The highest BCUT2D eigenvalue weighted by Crippen LogP contribution is 2.23. The van der Waals surface area contributed by atoms with Crippen molar-refractivity contribution in [2.45, 2.75) is 13.5 Å². The lowest BCUT2D eigenvalue weighted by atomic mass is 10.1. The smallest absolute Gasteiger partial charge is 0.409 e. The molecule has 0 spiro atoms. The van der Waals surface area contributed by atoms with E-state index in [1.807, 2.05) is 0 Å². The zero-order chi connectivity index (χ0) is 22.4. The number of carbonyl (C=O) groups excluding carboxylic acids is 3. The first-order valence-electron chi connectivity index (χ1n) is 9.95. The monoisotopic (exact) mass is 431 g/mol. The second-order valence-electron chi connectivity index (χ2n) is 6.90. The maximum atomic E-state index is 12.9. The molecule has 1 aliphatic heterocycles. The van der Waals surface area contributed by atoms with Crippen molar-refractivity contribution in [1.29, 1.82) is 0 Å². The minimum Gasteiger partial charge on any atom is -0.481 e. The number of ether oxygens (including phenoxy) is 3. The number of methoxy groups -OCH3 is 1. The van der Waals surface area contributed by atoms with Gasteiger partial charge in [-0.25, -0.2) is 9.59 Å². The molecule has 10 heteroatoms. The zero-order valence-corrected chi connectivity index (χ0v) is 17.5. The predicted octanol–water partition coefficient (Wildman–Crippen LogP) is 0.854. The van der Waals surface area contributed by atoms with E-state index in [2.05, 4.69) is 4.74 Å². The lowest BCUT2D eigenvalue weighted by molar-refractivity contribution is -0.142. The molecule has 1 saturated heterocycles. The van der Waals surface area contributed by atoms with Crippen molar-refractivity contribution in [2.24, 2.45) is 0 Å². The standard InChI is InChI=1S/C21H25N3O7/c1-3-30-21(28)23-11-9-22(10-12-23)18(25)13-24-8-7-15-16(20(24)27)5-4-6-17(15)31-14-19(26)29-2/h4-8H,3,9-14H2,1-2H3. The van der Waals surface area contributed by atoms with Gasteiger partial charge in [0, 0.05) is 37.8 Å². The SMILES string of the molecule is CCOC(=O)N1CCN(C(=O)Cn2ccc3c(OCC(=O)OC)cccc3c2=O)CC1. The molecule has 2 heterocycles. The van der Waals surface area contributed by atoms with Crippen molar-refractivity contribution in [3.8, 4) is 5.75 Å². The van der Waals surface area contributed by atoms with Crippen LogP contribution in [0.25, 0.3) is 10.8 Å². The van der Waals surface area contributed by atoms with Crippen LogP contribution in [0.3, 0.4) is 0 Å². The Bertz CT molecular complexity index is 1030. The Balaban J connectivity index is 1.69. The summed E-state index contributed by atoms with van der Waals surface area (Å²) in [6.07, 6.45) is 1.15. The van der Waals surface area contributed by atoms with Crippen LogP contribution < -0.4 is 10.3 Å². The largest absolute Gasteiger partial charge is 0.481 e. The fourth-order valence-corrected chi connectivity index (χ4v) is 3.33. The fourth-order valence-electron chi connectivity index (χ4n) is 3.33. The van der Waals surface area contributed by atoms with Gasteiger partial charge < -0.3 is 28.6 Å². The molecule has 31 heavy (non-hydrogen) atoms. The van der Waals surface area contributed by atoms with Gasteiger partial charge in [0.25, 0.3) is 5.56 Å². The summed E-state index contributed by atoms with van der Waals surface area (Å²) in [6, 6.07) is 6.62. The van der Waals surface area contributed by atoms with Gasteiger partial charge in [-0.3, -0.25) is 9.59 Å². The van der Waals surface area contributed by atoms with Gasteiger partial charge in [0.2, 0.25) is 5.91 Å². The summed E-state index contributed by atoms with van der Waals surface area (Å²) in [5.41, 5.74) is -0.334. The Labute approximate surface area is 178 Å². The summed E-state index contributed by atoms with van der Waals surface area (Å²) in [5.74, 6) is -0.351. The minimum absolute atomic E-state index is 0.110. The van der Waals surface area contributed by atoms with Gasteiger partial charge in [-0.05, 0) is 25.1 Å². The van der Waals surface area contributed by atoms with Gasteiger partial charge in [-0.15, -0.1) is 0 Å². The number of pyridine rings is 1. The number of hydrogen-bond donors (Lipinski definition) is 0. The van der Waals surface area contributed by atoms with E-state index < -0.39 is 5.97 Å². The number of fused-ring (bicyclic) bond motifs is 1. The van der Waals surface area contributed by atoms with Crippen LogP contribution in [-0.4, -0.2) is 78.8 Å².